The van der Waals surface area contributed by atoms with Gasteiger partial charge in [0.05, 0.1) is 11.2 Å². The van der Waals surface area contributed by atoms with Crippen LogP contribution in [0.5, 0.6) is 0 Å². The molecular weight excluding hydrogens is 410 g/mol. The SMILES string of the molecule is O=C(NCCc1[nH]cnc1-c1cccs1)c1cnc(-c2ccc(Cl)cc2)[nH]c1=O. The monoisotopic (exact) mass is 425 g/mol. The fourth-order valence-electron chi connectivity index (χ4n) is 2.84. The van der Waals surface area contributed by atoms with E-state index in [0.717, 1.165) is 16.3 Å². The number of hydrogen-bond donors (Lipinski definition) is 3. The first-order chi connectivity index (χ1) is 14.1. The molecule has 7 nitrogen and oxygen atoms in total. The quantitative estimate of drug-likeness (QED) is 0.439. The minimum Gasteiger partial charge on any atom is -0.351 e. The topological polar surface area (TPSA) is 104 Å². The Bertz CT molecular complexity index is 1180. The maximum absolute atomic E-state index is 12.4. The number of rotatable bonds is 6. The van der Waals surface area contributed by atoms with Crippen molar-refractivity contribution in [3.63, 3.8) is 0 Å². The molecular formula is C20H16ClN5O2S. The number of hydrogen-bond acceptors (Lipinski definition) is 5. The molecule has 0 bridgehead atoms. The van der Waals surface area contributed by atoms with Crippen molar-refractivity contribution in [2.45, 2.75) is 6.42 Å². The predicted molar refractivity (Wildman–Crippen MR) is 113 cm³/mol. The number of nitrogens with one attached hydrogen (secondary N) is 3. The second-order valence-corrected chi connectivity index (χ2v) is 7.58. The lowest BCUT2D eigenvalue weighted by atomic mass is 10.2. The Balaban J connectivity index is 1.41. The van der Waals surface area contributed by atoms with Crippen LogP contribution in [-0.2, 0) is 6.42 Å². The average Bonchev–Trinajstić information content (AvgIpc) is 3.40. The summed E-state index contributed by atoms with van der Waals surface area (Å²) in [6, 6.07) is 10.9. The van der Waals surface area contributed by atoms with Crippen LogP contribution in [0.3, 0.4) is 0 Å². The van der Waals surface area contributed by atoms with Crippen LogP contribution in [0.25, 0.3) is 22.0 Å². The normalized spacial score (nSPS) is 10.8. The second-order valence-electron chi connectivity index (χ2n) is 6.19. The molecule has 29 heavy (non-hydrogen) atoms. The molecule has 0 atom stereocenters. The average molecular weight is 426 g/mol. The van der Waals surface area contributed by atoms with Crippen LogP contribution < -0.4 is 10.9 Å². The van der Waals surface area contributed by atoms with Gasteiger partial charge >= 0.3 is 0 Å². The Labute approximate surface area is 174 Å². The molecule has 4 aromatic rings. The number of nitrogens with zero attached hydrogens (tertiary/aromatic N) is 2. The van der Waals surface area contributed by atoms with Gasteiger partial charge in [0.25, 0.3) is 11.5 Å². The second kappa shape index (κ2) is 8.42. The van der Waals surface area contributed by atoms with E-state index in [1.165, 1.54) is 6.20 Å². The van der Waals surface area contributed by atoms with Crippen LogP contribution in [0.15, 0.2) is 59.1 Å². The molecule has 9 heteroatoms. The van der Waals surface area contributed by atoms with Gasteiger partial charge in [-0.25, -0.2) is 9.97 Å². The fraction of sp³-hybridized carbons (Fsp3) is 0.100. The van der Waals surface area contributed by atoms with E-state index >= 15 is 0 Å². The Morgan fingerprint density at radius 1 is 1.17 bits per heavy atom. The highest BCUT2D eigenvalue weighted by molar-refractivity contribution is 7.13. The number of carbonyl (C=O) groups excluding carboxylic acids is 1. The molecule has 0 unspecified atom stereocenters. The van der Waals surface area contributed by atoms with Crippen molar-refractivity contribution in [3.8, 4) is 22.0 Å². The number of carbonyl (C=O) groups is 1. The molecule has 1 amide bonds. The van der Waals surface area contributed by atoms with Gasteiger partial charge in [-0.05, 0) is 35.7 Å². The van der Waals surface area contributed by atoms with Crippen LogP contribution in [-0.4, -0.2) is 32.4 Å². The molecule has 0 radical (unpaired) electrons. The van der Waals surface area contributed by atoms with E-state index in [4.69, 9.17) is 11.6 Å². The highest BCUT2D eigenvalue weighted by Gasteiger charge is 2.14. The van der Waals surface area contributed by atoms with Crippen LogP contribution >= 0.6 is 22.9 Å². The summed E-state index contributed by atoms with van der Waals surface area (Å²) < 4.78 is 0. The van der Waals surface area contributed by atoms with Crippen molar-refractivity contribution in [3.05, 3.63) is 80.9 Å². The van der Waals surface area contributed by atoms with Crippen molar-refractivity contribution < 1.29 is 4.79 Å². The minimum absolute atomic E-state index is 0.0363. The number of benzene rings is 1. The molecule has 0 aliphatic rings. The lowest BCUT2D eigenvalue weighted by Gasteiger charge is -2.06. The van der Waals surface area contributed by atoms with Gasteiger partial charge in [-0.1, -0.05) is 17.7 Å². The summed E-state index contributed by atoms with van der Waals surface area (Å²) in [4.78, 5) is 40.1. The number of aromatic amines is 2. The molecule has 0 saturated carbocycles. The summed E-state index contributed by atoms with van der Waals surface area (Å²) in [5, 5.41) is 5.33. The zero-order valence-corrected chi connectivity index (χ0v) is 16.7. The molecule has 3 N–H and O–H groups in total. The van der Waals surface area contributed by atoms with Gasteiger partial charge in [-0.2, -0.15) is 0 Å². The molecule has 1 aromatic carbocycles. The number of halogens is 1. The lowest BCUT2D eigenvalue weighted by Crippen LogP contribution is -2.31. The van der Waals surface area contributed by atoms with E-state index in [1.807, 2.05) is 17.5 Å². The van der Waals surface area contributed by atoms with Gasteiger partial charge in [-0.3, -0.25) is 9.59 Å². The number of amides is 1. The number of imidazole rings is 1. The zero-order valence-electron chi connectivity index (χ0n) is 15.1. The summed E-state index contributed by atoms with van der Waals surface area (Å²) >= 11 is 7.47. The van der Waals surface area contributed by atoms with E-state index in [2.05, 4.69) is 25.3 Å². The van der Waals surface area contributed by atoms with E-state index in [9.17, 15) is 9.59 Å². The first-order valence-electron chi connectivity index (χ1n) is 8.81. The summed E-state index contributed by atoms with van der Waals surface area (Å²) in [6.45, 7) is 0.359. The third kappa shape index (κ3) is 4.28. The van der Waals surface area contributed by atoms with E-state index in [0.29, 0.717) is 29.4 Å². The van der Waals surface area contributed by atoms with Crippen LogP contribution in [0.2, 0.25) is 5.02 Å². The third-order valence-corrected chi connectivity index (χ3v) is 5.42. The molecule has 0 spiro atoms. The lowest BCUT2D eigenvalue weighted by molar-refractivity contribution is 0.0952. The van der Waals surface area contributed by atoms with Crippen LogP contribution in [0.1, 0.15) is 16.1 Å². The number of H-pyrrole nitrogens is 2. The van der Waals surface area contributed by atoms with Crippen molar-refractivity contribution in [2.24, 2.45) is 0 Å². The zero-order chi connectivity index (χ0) is 20.2. The molecule has 0 aliphatic carbocycles. The van der Waals surface area contributed by atoms with Gasteiger partial charge in [-0.15, -0.1) is 11.3 Å². The summed E-state index contributed by atoms with van der Waals surface area (Å²) in [6.07, 6.45) is 3.48. The molecule has 3 heterocycles. The summed E-state index contributed by atoms with van der Waals surface area (Å²) in [5.74, 6) is -0.0974. The van der Waals surface area contributed by atoms with Gasteiger partial charge < -0.3 is 15.3 Å². The maximum Gasteiger partial charge on any atom is 0.264 e. The standard InChI is InChI=1S/C20H16ClN5O2S/c21-13-5-3-12(4-6-13)18-23-10-14(20(28)26-18)19(27)22-8-7-15-17(25-11-24-15)16-2-1-9-29-16/h1-6,9-11H,7-8H2,(H,22,27)(H,24,25)(H,23,26,28). The van der Waals surface area contributed by atoms with Gasteiger partial charge in [0, 0.05) is 35.4 Å². The van der Waals surface area contributed by atoms with Crippen LogP contribution in [0.4, 0.5) is 0 Å². The Kier molecular flexibility index (Phi) is 5.55. The largest absolute Gasteiger partial charge is 0.351 e. The smallest absolute Gasteiger partial charge is 0.264 e. The molecule has 0 fully saturated rings. The maximum atomic E-state index is 12.4. The van der Waals surface area contributed by atoms with E-state index in [-0.39, 0.29) is 5.56 Å². The summed E-state index contributed by atoms with van der Waals surface area (Å²) in [5.41, 5.74) is 1.98. The molecule has 3 aromatic heterocycles. The fourth-order valence-corrected chi connectivity index (χ4v) is 3.72. The molecule has 0 saturated heterocycles. The van der Waals surface area contributed by atoms with Crippen LogP contribution in [0, 0.1) is 0 Å². The molecule has 0 aliphatic heterocycles. The van der Waals surface area contributed by atoms with E-state index < -0.39 is 11.5 Å². The Morgan fingerprint density at radius 2 is 2.00 bits per heavy atom. The van der Waals surface area contributed by atoms with Crippen molar-refractivity contribution in [1.82, 2.24) is 25.3 Å². The number of aromatic nitrogens is 4. The first-order valence-corrected chi connectivity index (χ1v) is 10.1. The highest BCUT2D eigenvalue weighted by Crippen LogP contribution is 2.25. The highest BCUT2D eigenvalue weighted by atomic mass is 35.5. The predicted octanol–water partition coefficient (Wildman–Crippen LogP) is 3.51. The van der Waals surface area contributed by atoms with Gasteiger partial charge in [0.1, 0.15) is 17.1 Å². The van der Waals surface area contributed by atoms with Gasteiger partial charge in [0.15, 0.2) is 0 Å². The first kappa shape index (κ1) is 19.1. The molecule has 146 valence electrons. The van der Waals surface area contributed by atoms with Crippen molar-refractivity contribution in [2.75, 3.05) is 6.54 Å². The summed E-state index contributed by atoms with van der Waals surface area (Å²) in [7, 11) is 0. The van der Waals surface area contributed by atoms with Crippen molar-refractivity contribution >= 4 is 28.8 Å². The van der Waals surface area contributed by atoms with Gasteiger partial charge in [0.2, 0.25) is 0 Å². The molecule has 4 rings (SSSR count). The van der Waals surface area contributed by atoms with Crippen molar-refractivity contribution in [1.29, 1.82) is 0 Å². The Hall–Kier alpha value is -3.23. The third-order valence-electron chi connectivity index (χ3n) is 4.29. The minimum atomic E-state index is -0.497. The number of thiophene rings is 1. The Morgan fingerprint density at radius 3 is 2.72 bits per heavy atom. The van der Waals surface area contributed by atoms with E-state index in [1.54, 1.807) is 41.9 Å².